The number of pyridine rings is 1. The van der Waals surface area contributed by atoms with E-state index in [1.807, 2.05) is 0 Å². The molecule has 4 aromatic heterocycles. The van der Waals surface area contributed by atoms with Gasteiger partial charge in [-0.3, -0.25) is 9.59 Å². The van der Waals surface area contributed by atoms with Gasteiger partial charge in [0.2, 0.25) is 0 Å². The van der Waals surface area contributed by atoms with Crippen molar-refractivity contribution in [2.24, 2.45) is 5.73 Å². The Morgan fingerprint density at radius 2 is 2.14 bits per heavy atom. The highest BCUT2D eigenvalue weighted by Gasteiger charge is 2.32. The highest BCUT2D eigenvalue weighted by molar-refractivity contribution is 9.10. The molecule has 3 N–H and O–H groups in total. The molecular weight excluding hydrogens is 566 g/mol. The van der Waals surface area contributed by atoms with Crippen LogP contribution in [0.15, 0.2) is 33.3 Å². The van der Waals surface area contributed by atoms with Crippen molar-refractivity contribution in [2.45, 2.75) is 31.7 Å². The average molecular weight is 581 g/mol. The fourth-order valence-corrected chi connectivity index (χ4v) is 5.26. The number of hydrogen-bond acceptors (Lipinski definition) is 8. The first-order valence-corrected chi connectivity index (χ1v) is 12.1. The predicted octanol–water partition coefficient (Wildman–Crippen LogP) is 4.97. The molecule has 4 aromatic rings. The summed E-state index contributed by atoms with van der Waals surface area (Å²) in [5.41, 5.74) is 5.80. The highest BCUT2D eigenvalue weighted by Crippen LogP contribution is 2.48. The van der Waals surface area contributed by atoms with Crippen LogP contribution in [0.25, 0.3) is 10.2 Å². The Bertz CT molecular complexity index is 1540. The van der Waals surface area contributed by atoms with Crippen LogP contribution in [0.4, 0.5) is 20.3 Å². The van der Waals surface area contributed by atoms with Gasteiger partial charge < -0.3 is 25.6 Å². The molecule has 0 saturated heterocycles. The Morgan fingerprint density at radius 3 is 2.75 bits per heavy atom. The van der Waals surface area contributed by atoms with Crippen LogP contribution in [0.5, 0.6) is 0 Å². The molecule has 0 radical (unpaired) electrons. The number of rotatable bonds is 8. The van der Waals surface area contributed by atoms with Gasteiger partial charge in [-0.25, -0.2) is 13.8 Å². The van der Waals surface area contributed by atoms with Crippen LogP contribution in [-0.4, -0.2) is 31.5 Å². The van der Waals surface area contributed by atoms with E-state index in [2.05, 4.69) is 31.3 Å². The molecule has 1 saturated carbocycles. The largest absolute Gasteiger partial charge is 0.454 e. The van der Waals surface area contributed by atoms with Gasteiger partial charge in [-0.05, 0) is 63.4 Å². The third kappa shape index (κ3) is 4.46. The van der Waals surface area contributed by atoms with E-state index < -0.39 is 28.9 Å². The van der Waals surface area contributed by atoms with Gasteiger partial charge in [-0.1, -0.05) is 0 Å². The second kappa shape index (κ2) is 9.05. The highest BCUT2D eigenvalue weighted by atomic mass is 79.9. The van der Waals surface area contributed by atoms with Crippen LogP contribution in [0, 0.1) is 10.1 Å². The predicted molar refractivity (Wildman–Crippen MR) is 127 cm³/mol. The number of primary amides is 1. The van der Waals surface area contributed by atoms with Crippen LogP contribution in [0.1, 0.15) is 62.4 Å². The number of aromatic nitrogens is 3. The standard InChI is InChI=1S/C21H15BrF2N6O5S/c22-11-7-29(28-19(11)30(33)34)6-9-3-4-13(35-9)20(32)27-15-14-10(8-1-2-8)5-12(17(23)24)26-21(14)36-16(15)18(25)31/h3-5,7-8,17H,1-2,6H2,(H2,25,31)(H,27,32). The number of alkyl halides is 2. The van der Waals surface area contributed by atoms with E-state index in [1.54, 1.807) is 0 Å². The Hall–Kier alpha value is -3.72. The van der Waals surface area contributed by atoms with Crippen molar-refractivity contribution in [1.29, 1.82) is 0 Å². The molecule has 11 nitrogen and oxygen atoms in total. The summed E-state index contributed by atoms with van der Waals surface area (Å²) in [6.07, 6.45) is 0.194. The summed E-state index contributed by atoms with van der Waals surface area (Å²) in [7, 11) is 0. The lowest BCUT2D eigenvalue weighted by molar-refractivity contribution is -0.390. The van der Waals surface area contributed by atoms with E-state index in [1.165, 1.54) is 29.1 Å². The number of nitrogens with two attached hydrogens (primary N) is 1. The summed E-state index contributed by atoms with van der Waals surface area (Å²) in [4.78, 5) is 39.6. The minimum atomic E-state index is -2.79. The molecule has 15 heteroatoms. The first kappa shape index (κ1) is 24.0. The number of anilines is 1. The molecular formula is C21H15BrF2N6O5S. The number of fused-ring (bicyclic) bond motifs is 1. The molecule has 4 heterocycles. The number of nitro groups is 1. The topological polar surface area (TPSA) is 159 Å². The monoisotopic (exact) mass is 580 g/mol. The fourth-order valence-electron chi connectivity index (χ4n) is 3.78. The quantitative estimate of drug-likeness (QED) is 0.220. The van der Waals surface area contributed by atoms with Crippen LogP contribution in [-0.2, 0) is 6.54 Å². The zero-order valence-electron chi connectivity index (χ0n) is 18.0. The maximum absolute atomic E-state index is 13.4. The third-order valence-corrected chi connectivity index (χ3v) is 7.15. The van der Waals surface area contributed by atoms with Gasteiger partial charge in [0.15, 0.2) is 5.76 Å². The van der Waals surface area contributed by atoms with Gasteiger partial charge in [0.1, 0.15) is 32.2 Å². The molecule has 5 rings (SSSR count). The number of hydrogen-bond donors (Lipinski definition) is 2. The number of furan rings is 1. The minimum Gasteiger partial charge on any atom is -0.454 e. The molecule has 186 valence electrons. The molecule has 1 aliphatic rings. The van der Waals surface area contributed by atoms with Crippen LogP contribution in [0.3, 0.4) is 0 Å². The van der Waals surface area contributed by atoms with E-state index in [0.29, 0.717) is 10.9 Å². The van der Waals surface area contributed by atoms with E-state index in [-0.39, 0.29) is 49.7 Å². The summed E-state index contributed by atoms with van der Waals surface area (Å²) in [6, 6.07) is 4.21. The van der Waals surface area contributed by atoms with E-state index in [0.717, 1.165) is 24.2 Å². The molecule has 0 aromatic carbocycles. The van der Waals surface area contributed by atoms with Crippen molar-refractivity contribution in [1.82, 2.24) is 14.8 Å². The number of nitrogens with zero attached hydrogens (tertiary/aromatic N) is 4. The van der Waals surface area contributed by atoms with Crippen LogP contribution in [0.2, 0.25) is 0 Å². The average Bonchev–Trinajstić information content (AvgIpc) is 3.27. The van der Waals surface area contributed by atoms with E-state index in [9.17, 15) is 28.5 Å². The van der Waals surface area contributed by atoms with E-state index >= 15 is 0 Å². The minimum absolute atomic E-state index is 0.0137. The Kier molecular flexibility index (Phi) is 6.04. The first-order chi connectivity index (χ1) is 17.1. The molecule has 0 aliphatic heterocycles. The Labute approximate surface area is 212 Å². The van der Waals surface area contributed by atoms with Gasteiger partial charge in [0.25, 0.3) is 18.2 Å². The number of halogens is 3. The zero-order chi connectivity index (χ0) is 25.7. The SMILES string of the molecule is NC(=O)c1sc2nc(C(F)F)cc(C3CC3)c2c1NC(=O)c1ccc(Cn2cc(Br)c([N+](=O)[O-])n2)o1. The lowest BCUT2D eigenvalue weighted by atomic mass is 10.0. The smallest absolute Gasteiger partial charge is 0.404 e. The molecule has 2 amide bonds. The normalized spacial score (nSPS) is 13.4. The zero-order valence-corrected chi connectivity index (χ0v) is 20.4. The van der Waals surface area contributed by atoms with Crippen LogP contribution >= 0.6 is 27.3 Å². The molecule has 0 unspecified atom stereocenters. The van der Waals surface area contributed by atoms with Crippen molar-refractivity contribution in [3.8, 4) is 0 Å². The van der Waals surface area contributed by atoms with Crippen molar-refractivity contribution in [3.63, 3.8) is 0 Å². The van der Waals surface area contributed by atoms with Gasteiger partial charge in [-0.15, -0.1) is 11.3 Å². The lowest BCUT2D eigenvalue weighted by Gasteiger charge is -2.09. The Morgan fingerprint density at radius 1 is 1.39 bits per heavy atom. The number of amides is 2. The van der Waals surface area contributed by atoms with E-state index in [4.69, 9.17) is 10.2 Å². The van der Waals surface area contributed by atoms with Crippen molar-refractivity contribution in [2.75, 3.05) is 5.32 Å². The summed E-state index contributed by atoms with van der Waals surface area (Å²) in [5.74, 6) is -1.69. The summed E-state index contributed by atoms with van der Waals surface area (Å²) in [6.45, 7) is 0.0137. The van der Waals surface area contributed by atoms with Gasteiger partial charge in [-0.2, -0.15) is 4.68 Å². The third-order valence-electron chi connectivity index (χ3n) is 5.49. The number of nitrogens with one attached hydrogen (secondary N) is 1. The number of thiophene rings is 1. The Balaban J connectivity index is 1.46. The van der Waals surface area contributed by atoms with Crippen molar-refractivity contribution in [3.05, 3.63) is 66.6 Å². The van der Waals surface area contributed by atoms with Gasteiger partial charge in [0.05, 0.1) is 17.0 Å². The molecule has 0 bridgehead atoms. The molecule has 36 heavy (non-hydrogen) atoms. The van der Waals surface area contributed by atoms with Gasteiger partial charge >= 0.3 is 5.82 Å². The second-order valence-electron chi connectivity index (χ2n) is 8.04. The fraction of sp³-hybridized carbons (Fsp3) is 0.238. The van der Waals surface area contributed by atoms with Gasteiger partial charge in [0, 0.05) is 5.39 Å². The van der Waals surface area contributed by atoms with Crippen LogP contribution < -0.4 is 11.1 Å². The maximum Gasteiger partial charge on any atom is 0.404 e. The lowest BCUT2D eigenvalue weighted by Crippen LogP contribution is -2.16. The molecule has 1 aliphatic carbocycles. The molecule has 0 spiro atoms. The summed E-state index contributed by atoms with van der Waals surface area (Å²) < 4.78 is 33.8. The first-order valence-electron chi connectivity index (χ1n) is 10.4. The second-order valence-corrected chi connectivity index (χ2v) is 9.89. The summed E-state index contributed by atoms with van der Waals surface area (Å²) in [5, 5.41) is 17.9. The maximum atomic E-state index is 13.4. The van der Waals surface area contributed by atoms with Crippen molar-refractivity contribution < 1.29 is 27.7 Å². The molecule has 1 fully saturated rings. The number of carbonyl (C=O) groups excluding carboxylic acids is 2. The molecule has 0 atom stereocenters. The van der Waals surface area contributed by atoms with Crippen molar-refractivity contribution >= 4 is 60.8 Å². The number of carbonyl (C=O) groups is 2. The summed E-state index contributed by atoms with van der Waals surface area (Å²) >= 11 is 3.90.